The maximum absolute atomic E-state index is 12.9. The number of benzene rings is 1. The summed E-state index contributed by atoms with van der Waals surface area (Å²) >= 11 is 3.33. The SMILES string of the molecule is Cc1ccsc1C(=CCCN(C)S(=O)(=O)c1ccccc1[N+](=O)[O-])c1sccc1C. The number of hydrogen-bond donors (Lipinski definition) is 0. The van der Waals surface area contributed by atoms with Crippen molar-refractivity contribution in [2.24, 2.45) is 0 Å². The second-order valence-corrected chi connectivity index (χ2v) is 10.7. The molecule has 0 bridgehead atoms. The molecule has 0 aliphatic carbocycles. The van der Waals surface area contributed by atoms with Crippen molar-refractivity contribution in [2.75, 3.05) is 13.6 Å². The van der Waals surface area contributed by atoms with E-state index in [-0.39, 0.29) is 11.4 Å². The van der Waals surface area contributed by atoms with Gasteiger partial charge in [0.15, 0.2) is 4.90 Å². The minimum absolute atomic E-state index is 0.215. The Labute approximate surface area is 184 Å². The van der Waals surface area contributed by atoms with Crippen LogP contribution in [0.5, 0.6) is 0 Å². The summed E-state index contributed by atoms with van der Waals surface area (Å²) in [5.74, 6) is 0. The molecule has 0 atom stereocenters. The molecule has 30 heavy (non-hydrogen) atoms. The van der Waals surface area contributed by atoms with E-state index in [9.17, 15) is 18.5 Å². The fourth-order valence-electron chi connectivity index (χ4n) is 3.09. The molecule has 2 heterocycles. The number of sulfonamides is 1. The molecular formula is C21H22N2O4S3. The molecule has 158 valence electrons. The van der Waals surface area contributed by atoms with Gasteiger partial charge in [-0.15, -0.1) is 22.7 Å². The van der Waals surface area contributed by atoms with Crippen molar-refractivity contribution in [3.05, 3.63) is 84.2 Å². The van der Waals surface area contributed by atoms with Crippen LogP contribution in [0.3, 0.4) is 0 Å². The molecule has 0 N–H and O–H groups in total. The summed E-state index contributed by atoms with van der Waals surface area (Å²) in [6.07, 6.45) is 2.55. The van der Waals surface area contributed by atoms with E-state index < -0.39 is 20.6 Å². The highest BCUT2D eigenvalue weighted by atomic mass is 32.2. The van der Waals surface area contributed by atoms with Crippen molar-refractivity contribution in [3.8, 4) is 0 Å². The van der Waals surface area contributed by atoms with Crippen LogP contribution in [0.15, 0.2) is 58.1 Å². The molecule has 0 unspecified atom stereocenters. The Morgan fingerprint density at radius 1 is 1.07 bits per heavy atom. The second kappa shape index (κ2) is 9.22. The average Bonchev–Trinajstić information content (AvgIpc) is 3.33. The molecule has 9 heteroatoms. The first-order valence-electron chi connectivity index (χ1n) is 9.22. The number of nitro groups is 1. The van der Waals surface area contributed by atoms with Crippen molar-refractivity contribution in [2.45, 2.75) is 25.2 Å². The summed E-state index contributed by atoms with van der Waals surface area (Å²) in [5.41, 5.74) is 3.05. The van der Waals surface area contributed by atoms with Crippen LogP contribution in [0.4, 0.5) is 5.69 Å². The van der Waals surface area contributed by atoms with Gasteiger partial charge in [0.2, 0.25) is 10.0 Å². The molecule has 0 radical (unpaired) electrons. The molecule has 0 saturated heterocycles. The molecule has 0 saturated carbocycles. The van der Waals surface area contributed by atoms with E-state index in [0.29, 0.717) is 6.42 Å². The lowest BCUT2D eigenvalue weighted by Gasteiger charge is -2.16. The molecule has 0 spiro atoms. The van der Waals surface area contributed by atoms with E-state index in [1.807, 2.05) is 10.8 Å². The molecule has 2 aromatic heterocycles. The summed E-state index contributed by atoms with van der Waals surface area (Å²) in [6.45, 7) is 4.34. The number of aryl methyl sites for hydroxylation is 2. The van der Waals surface area contributed by atoms with Crippen molar-refractivity contribution >= 4 is 44.0 Å². The predicted molar refractivity (Wildman–Crippen MR) is 123 cm³/mol. The van der Waals surface area contributed by atoms with Gasteiger partial charge in [-0.1, -0.05) is 18.2 Å². The van der Waals surface area contributed by atoms with Crippen LogP contribution >= 0.6 is 22.7 Å². The Balaban J connectivity index is 1.86. The van der Waals surface area contributed by atoms with E-state index in [4.69, 9.17) is 0 Å². The van der Waals surface area contributed by atoms with Crippen LogP contribution in [0.2, 0.25) is 0 Å². The third-order valence-electron chi connectivity index (χ3n) is 4.76. The van der Waals surface area contributed by atoms with E-state index >= 15 is 0 Å². The van der Waals surface area contributed by atoms with Crippen molar-refractivity contribution in [1.82, 2.24) is 4.31 Å². The number of para-hydroxylation sites is 1. The first-order valence-corrected chi connectivity index (χ1v) is 12.4. The second-order valence-electron chi connectivity index (χ2n) is 6.82. The quantitative estimate of drug-likeness (QED) is 0.328. The fourth-order valence-corrected chi connectivity index (χ4v) is 6.44. The summed E-state index contributed by atoms with van der Waals surface area (Å²) < 4.78 is 27.0. The Hall–Kier alpha value is -2.33. The van der Waals surface area contributed by atoms with Gasteiger partial charge >= 0.3 is 0 Å². The maximum atomic E-state index is 12.9. The highest BCUT2D eigenvalue weighted by Crippen LogP contribution is 2.35. The Bertz CT molecular complexity index is 1150. The average molecular weight is 463 g/mol. The minimum atomic E-state index is -3.97. The van der Waals surface area contributed by atoms with Crippen molar-refractivity contribution in [3.63, 3.8) is 0 Å². The monoisotopic (exact) mass is 462 g/mol. The normalized spacial score (nSPS) is 11.6. The lowest BCUT2D eigenvalue weighted by atomic mass is 10.1. The summed E-state index contributed by atoms with van der Waals surface area (Å²) in [7, 11) is -2.52. The molecule has 0 aliphatic heterocycles. The summed E-state index contributed by atoms with van der Waals surface area (Å²) in [6, 6.07) is 9.57. The van der Waals surface area contributed by atoms with Crippen LogP contribution in [-0.4, -0.2) is 31.2 Å². The number of nitrogens with zero attached hydrogens (tertiary/aromatic N) is 2. The zero-order valence-electron chi connectivity index (χ0n) is 16.9. The van der Waals surface area contributed by atoms with E-state index in [0.717, 1.165) is 5.57 Å². The molecule has 1 aromatic carbocycles. The standard InChI is InChI=1S/C21H22N2O4S3/c1-15-10-13-28-20(15)17(21-16(2)11-14-29-21)7-6-12-22(3)30(26,27)19-9-5-4-8-18(19)23(24)25/h4-5,7-11,13-14H,6,12H2,1-3H3. The molecule has 3 rings (SSSR count). The smallest absolute Gasteiger partial charge is 0.258 e. The van der Waals surface area contributed by atoms with Crippen LogP contribution in [0, 0.1) is 24.0 Å². The molecule has 0 amide bonds. The molecule has 0 fully saturated rings. The highest BCUT2D eigenvalue weighted by Gasteiger charge is 2.28. The summed E-state index contributed by atoms with van der Waals surface area (Å²) in [4.78, 5) is 12.6. The van der Waals surface area contributed by atoms with Gasteiger partial charge in [0.25, 0.3) is 5.69 Å². The largest absolute Gasteiger partial charge is 0.289 e. The first kappa shape index (κ1) is 22.4. The Morgan fingerprint density at radius 3 is 2.13 bits per heavy atom. The zero-order chi connectivity index (χ0) is 21.9. The van der Waals surface area contributed by atoms with Crippen LogP contribution in [0.25, 0.3) is 5.57 Å². The van der Waals surface area contributed by atoms with E-state index in [2.05, 4.69) is 32.1 Å². The van der Waals surface area contributed by atoms with Gasteiger partial charge in [-0.05, 0) is 60.4 Å². The van der Waals surface area contributed by atoms with Gasteiger partial charge in [-0.3, -0.25) is 10.1 Å². The molecular weight excluding hydrogens is 440 g/mol. The third kappa shape index (κ3) is 4.54. The number of nitro benzene ring substituents is 1. The van der Waals surface area contributed by atoms with Crippen molar-refractivity contribution in [1.29, 1.82) is 0 Å². The predicted octanol–water partition coefficient (Wildman–Crippen LogP) is 5.48. The number of hydrogen-bond acceptors (Lipinski definition) is 6. The van der Waals surface area contributed by atoms with E-state index in [1.165, 1.54) is 56.5 Å². The number of thiophene rings is 2. The maximum Gasteiger partial charge on any atom is 0.289 e. The fraction of sp³-hybridized carbons (Fsp3) is 0.238. The Morgan fingerprint density at radius 2 is 1.63 bits per heavy atom. The van der Waals surface area contributed by atoms with Gasteiger partial charge in [0, 0.05) is 35.0 Å². The number of rotatable bonds is 8. The topological polar surface area (TPSA) is 80.5 Å². The summed E-state index contributed by atoms with van der Waals surface area (Å²) in [5, 5.41) is 15.3. The van der Waals surface area contributed by atoms with Crippen molar-refractivity contribution < 1.29 is 13.3 Å². The highest BCUT2D eigenvalue weighted by molar-refractivity contribution is 7.89. The third-order valence-corrected chi connectivity index (χ3v) is 8.76. The molecule has 0 aliphatic rings. The lowest BCUT2D eigenvalue weighted by Crippen LogP contribution is -2.28. The van der Waals surface area contributed by atoms with Gasteiger partial charge in [-0.25, -0.2) is 12.7 Å². The van der Waals surface area contributed by atoms with Gasteiger partial charge in [0.05, 0.1) is 4.92 Å². The first-order chi connectivity index (χ1) is 14.2. The van der Waals surface area contributed by atoms with Gasteiger partial charge in [-0.2, -0.15) is 0 Å². The minimum Gasteiger partial charge on any atom is -0.258 e. The van der Waals surface area contributed by atoms with Crippen LogP contribution in [-0.2, 0) is 10.0 Å². The van der Waals surface area contributed by atoms with E-state index in [1.54, 1.807) is 22.7 Å². The van der Waals surface area contributed by atoms with Crippen LogP contribution in [0.1, 0.15) is 27.3 Å². The molecule has 6 nitrogen and oxygen atoms in total. The van der Waals surface area contributed by atoms with Gasteiger partial charge in [0.1, 0.15) is 0 Å². The lowest BCUT2D eigenvalue weighted by molar-refractivity contribution is -0.387. The molecule has 3 aromatic rings. The van der Waals surface area contributed by atoms with Gasteiger partial charge < -0.3 is 0 Å². The Kier molecular flexibility index (Phi) is 6.87. The zero-order valence-corrected chi connectivity index (χ0v) is 19.3. The van der Waals surface area contributed by atoms with Crippen LogP contribution < -0.4 is 0 Å².